The molecule has 0 heterocycles. The van der Waals surface area contributed by atoms with Crippen molar-refractivity contribution < 1.29 is 24.2 Å². The average Bonchev–Trinajstić information content (AvgIpc) is 3.38. The van der Waals surface area contributed by atoms with E-state index in [0.717, 1.165) is 41.5 Å². The molecule has 0 aromatic heterocycles. The van der Waals surface area contributed by atoms with E-state index in [1.165, 1.54) is 0 Å². The fraction of sp³-hybridized carbons (Fsp3) is 0.444. The highest BCUT2D eigenvalue weighted by atomic mass is 16.5. The Balaban J connectivity index is 1.38. The normalized spacial score (nSPS) is 19.6. The molecule has 0 saturated heterocycles. The van der Waals surface area contributed by atoms with Crippen molar-refractivity contribution in [1.29, 1.82) is 0 Å². The van der Waals surface area contributed by atoms with Crippen molar-refractivity contribution in [2.24, 2.45) is 5.92 Å². The first-order valence-corrected chi connectivity index (χ1v) is 12.1. The van der Waals surface area contributed by atoms with Gasteiger partial charge in [-0.05, 0) is 55.1 Å². The lowest BCUT2D eigenvalue weighted by Gasteiger charge is -2.26. The third kappa shape index (κ3) is 5.82. The van der Waals surface area contributed by atoms with Gasteiger partial charge in [0.05, 0.1) is 6.42 Å². The third-order valence-electron chi connectivity index (χ3n) is 6.92. The van der Waals surface area contributed by atoms with Crippen molar-refractivity contribution in [2.75, 3.05) is 27.2 Å². The van der Waals surface area contributed by atoms with Crippen LogP contribution in [0.4, 0.5) is 4.79 Å². The van der Waals surface area contributed by atoms with Gasteiger partial charge >= 0.3 is 12.1 Å². The highest BCUT2D eigenvalue weighted by Gasteiger charge is 2.33. The Morgan fingerprint density at radius 1 is 1.03 bits per heavy atom. The lowest BCUT2D eigenvalue weighted by atomic mass is 9.98. The van der Waals surface area contributed by atoms with E-state index in [4.69, 9.17) is 9.84 Å². The second-order valence-electron chi connectivity index (χ2n) is 9.69. The highest BCUT2D eigenvalue weighted by molar-refractivity contribution is 5.86. The van der Waals surface area contributed by atoms with Crippen molar-refractivity contribution >= 4 is 18.0 Å². The van der Waals surface area contributed by atoms with Crippen LogP contribution in [0.15, 0.2) is 48.5 Å². The number of likely N-dealkylation sites (N-methyl/N-ethyl adjacent to an activating group) is 1. The molecule has 2 aromatic rings. The molecule has 2 aromatic carbocycles. The van der Waals surface area contributed by atoms with Gasteiger partial charge in [0.1, 0.15) is 12.6 Å². The molecule has 35 heavy (non-hydrogen) atoms. The van der Waals surface area contributed by atoms with Crippen molar-refractivity contribution in [3.63, 3.8) is 0 Å². The van der Waals surface area contributed by atoms with Crippen LogP contribution in [0.5, 0.6) is 0 Å². The second kappa shape index (κ2) is 10.9. The number of aliphatic carboxylic acids is 1. The standard InChI is InChI=1S/C27H33N3O5/c1-30(2)15-24(26(33)28-23-13-7-8-17(23)14-25(31)32)29-27(34)35-16-22-20-11-5-3-9-18(20)19-10-4-6-12-21(19)22/h3-6,9-12,17,22-24H,7-8,13-16H2,1-2H3,(H,28,33)(H,29,34)(H,31,32)/t17-,23+,24?/m0/s1. The number of nitrogens with zero attached hydrogens (tertiary/aromatic N) is 1. The monoisotopic (exact) mass is 479 g/mol. The third-order valence-corrected chi connectivity index (χ3v) is 6.92. The van der Waals surface area contributed by atoms with Crippen LogP contribution in [-0.4, -0.2) is 67.3 Å². The lowest BCUT2D eigenvalue weighted by Crippen LogP contribution is -2.54. The predicted octanol–water partition coefficient (Wildman–Crippen LogP) is 3.21. The zero-order chi connectivity index (χ0) is 24.9. The Hall–Kier alpha value is -3.39. The number of carbonyl (C=O) groups excluding carboxylic acids is 2. The van der Waals surface area contributed by atoms with Gasteiger partial charge in [-0.3, -0.25) is 9.59 Å². The first kappa shape index (κ1) is 24.7. The van der Waals surface area contributed by atoms with Crippen LogP contribution in [0.25, 0.3) is 11.1 Å². The van der Waals surface area contributed by atoms with E-state index in [1.807, 2.05) is 43.3 Å². The summed E-state index contributed by atoms with van der Waals surface area (Å²) in [4.78, 5) is 38.8. The molecule has 1 saturated carbocycles. The van der Waals surface area contributed by atoms with Gasteiger partial charge in [0, 0.05) is 18.5 Å². The number of nitrogens with one attached hydrogen (secondary N) is 2. The van der Waals surface area contributed by atoms with Gasteiger partial charge in [0.2, 0.25) is 5.91 Å². The number of rotatable bonds is 9. The number of carboxylic acid groups (broad SMARTS) is 1. The molecule has 8 nitrogen and oxygen atoms in total. The molecule has 2 aliphatic carbocycles. The van der Waals surface area contributed by atoms with Gasteiger partial charge in [-0.15, -0.1) is 0 Å². The Morgan fingerprint density at radius 3 is 2.26 bits per heavy atom. The largest absolute Gasteiger partial charge is 0.481 e. The maximum absolute atomic E-state index is 13.0. The van der Waals surface area contributed by atoms with E-state index in [-0.39, 0.29) is 36.8 Å². The molecule has 2 amide bonds. The SMILES string of the molecule is CN(C)CC(NC(=O)OCC1c2ccccc2-c2ccccc21)C(=O)N[C@@H]1CCC[C@H]1CC(=O)O. The average molecular weight is 480 g/mol. The molecule has 186 valence electrons. The van der Waals surface area contributed by atoms with Crippen molar-refractivity contribution in [3.8, 4) is 11.1 Å². The topological polar surface area (TPSA) is 108 Å². The van der Waals surface area contributed by atoms with Gasteiger partial charge in [0.25, 0.3) is 0 Å². The number of ether oxygens (including phenoxy) is 1. The molecule has 0 aliphatic heterocycles. The fourth-order valence-corrected chi connectivity index (χ4v) is 5.32. The van der Waals surface area contributed by atoms with Crippen LogP contribution in [0, 0.1) is 5.92 Å². The van der Waals surface area contributed by atoms with E-state index in [9.17, 15) is 14.4 Å². The Morgan fingerprint density at radius 2 is 1.66 bits per heavy atom. The summed E-state index contributed by atoms with van der Waals surface area (Å²) in [6, 6.07) is 15.2. The maximum Gasteiger partial charge on any atom is 0.407 e. The molecule has 0 radical (unpaired) electrons. The van der Waals surface area contributed by atoms with Crippen LogP contribution in [0.2, 0.25) is 0 Å². The second-order valence-corrected chi connectivity index (χ2v) is 9.69. The zero-order valence-corrected chi connectivity index (χ0v) is 20.2. The van der Waals surface area contributed by atoms with Crippen LogP contribution in [0.3, 0.4) is 0 Å². The first-order chi connectivity index (χ1) is 16.8. The fourth-order valence-electron chi connectivity index (χ4n) is 5.32. The number of fused-ring (bicyclic) bond motifs is 3. The first-order valence-electron chi connectivity index (χ1n) is 12.1. The summed E-state index contributed by atoms with van der Waals surface area (Å²) in [6.45, 7) is 0.464. The number of carbonyl (C=O) groups is 3. The number of hydrogen-bond acceptors (Lipinski definition) is 5. The molecular weight excluding hydrogens is 446 g/mol. The number of benzene rings is 2. The molecule has 3 N–H and O–H groups in total. The van der Waals surface area contributed by atoms with Crippen molar-refractivity contribution in [2.45, 2.75) is 43.7 Å². The van der Waals surface area contributed by atoms with Crippen molar-refractivity contribution in [1.82, 2.24) is 15.5 Å². The van der Waals surface area contributed by atoms with Crippen molar-refractivity contribution in [3.05, 3.63) is 59.7 Å². The number of hydrogen-bond donors (Lipinski definition) is 3. The van der Waals surface area contributed by atoms with E-state index in [0.29, 0.717) is 6.54 Å². The number of amides is 2. The Kier molecular flexibility index (Phi) is 7.70. The zero-order valence-electron chi connectivity index (χ0n) is 20.2. The summed E-state index contributed by atoms with van der Waals surface area (Å²) in [5.41, 5.74) is 4.54. The van der Waals surface area contributed by atoms with Crippen LogP contribution < -0.4 is 10.6 Å². The van der Waals surface area contributed by atoms with Gasteiger partial charge in [-0.2, -0.15) is 0 Å². The summed E-state index contributed by atoms with van der Waals surface area (Å²) in [7, 11) is 3.64. The Bertz CT molecular complexity index is 1040. The summed E-state index contributed by atoms with van der Waals surface area (Å²) >= 11 is 0. The summed E-state index contributed by atoms with van der Waals surface area (Å²) < 4.78 is 5.62. The van der Waals surface area contributed by atoms with E-state index in [2.05, 4.69) is 34.9 Å². The van der Waals surface area contributed by atoms with Crippen LogP contribution >= 0.6 is 0 Å². The smallest absolute Gasteiger partial charge is 0.407 e. The van der Waals surface area contributed by atoms with E-state index in [1.54, 1.807) is 0 Å². The van der Waals surface area contributed by atoms with Gasteiger partial charge in [-0.1, -0.05) is 55.0 Å². The number of alkyl carbamates (subject to hydrolysis) is 1. The minimum Gasteiger partial charge on any atom is -0.481 e. The van der Waals surface area contributed by atoms with Gasteiger partial charge < -0.3 is 25.4 Å². The maximum atomic E-state index is 13.0. The molecule has 0 spiro atoms. The highest BCUT2D eigenvalue weighted by Crippen LogP contribution is 2.44. The number of carboxylic acids is 1. The minimum atomic E-state index is -0.863. The molecule has 3 atom stereocenters. The van der Waals surface area contributed by atoms with E-state index >= 15 is 0 Å². The molecule has 8 heteroatoms. The summed E-state index contributed by atoms with van der Waals surface area (Å²) in [6.07, 6.45) is 1.77. The Labute approximate surface area is 205 Å². The van der Waals surface area contributed by atoms with Crippen LogP contribution in [0.1, 0.15) is 42.7 Å². The van der Waals surface area contributed by atoms with Gasteiger partial charge in [0.15, 0.2) is 0 Å². The van der Waals surface area contributed by atoms with E-state index < -0.39 is 18.1 Å². The summed E-state index contributed by atoms with van der Waals surface area (Å²) in [5.74, 6) is -1.34. The minimum absolute atomic E-state index is 0.0309. The molecule has 1 fully saturated rings. The lowest BCUT2D eigenvalue weighted by molar-refractivity contribution is -0.138. The molecule has 4 rings (SSSR count). The van der Waals surface area contributed by atoms with Crippen LogP contribution in [-0.2, 0) is 14.3 Å². The predicted molar refractivity (Wildman–Crippen MR) is 132 cm³/mol. The molecule has 1 unspecified atom stereocenters. The molecule has 0 bridgehead atoms. The molecular formula is C27H33N3O5. The quantitative estimate of drug-likeness (QED) is 0.510. The van der Waals surface area contributed by atoms with Gasteiger partial charge in [-0.25, -0.2) is 4.79 Å². The summed E-state index contributed by atoms with van der Waals surface area (Å²) in [5, 5.41) is 14.8. The molecule has 2 aliphatic rings.